The minimum absolute atomic E-state index is 0.0657. The molecule has 160 valence electrons. The Labute approximate surface area is 177 Å². The quantitative estimate of drug-likeness (QED) is 0.745. The van der Waals surface area contributed by atoms with Gasteiger partial charge in [0.2, 0.25) is 0 Å². The first-order chi connectivity index (χ1) is 14.8. The molecular weight excluding hydrogens is 407 g/mol. The SMILES string of the molecule is CC1=C(C(=O)Nc2ccccc2C(F)(F)F)[C@@H](c2ccncc2)C2=C(CCCC2=O)N1. The molecule has 4 rings (SSSR count). The number of carbonyl (C=O) groups is 2. The maximum Gasteiger partial charge on any atom is 0.418 e. The predicted octanol–water partition coefficient (Wildman–Crippen LogP) is 4.71. The number of allylic oxidation sites excluding steroid dienone is 3. The molecule has 1 aliphatic carbocycles. The summed E-state index contributed by atoms with van der Waals surface area (Å²) in [7, 11) is 0. The van der Waals surface area contributed by atoms with Gasteiger partial charge in [0.1, 0.15) is 0 Å². The molecule has 1 aromatic carbocycles. The van der Waals surface area contributed by atoms with E-state index in [1.807, 2.05) is 0 Å². The lowest BCUT2D eigenvalue weighted by atomic mass is 9.75. The van der Waals surface area contributed by atoms with Crippen molar-refractivity contribution in [1.82, 2.24) is 10.3 Å². The van der Waals surface area contributed by atoms with Crippen LogP contribution in [0.2, 0.25) is 0 Å². The van der Waals surface area contributed by atoms with Gasteiger partial charge in [-0.05, 0) is 49.6 Å². The summed E-state index contributed by atoms with van der Waals surface area (Å²) in [5, 5.41) is 5.57. The Bertz CT molecular complexity index is 1100. The monoisotopic (exact) mass is 427 g/mol. The molecule has 1 atom stereocenters. The fourth-order valence-electron chi connectivity index (χ4n) is 4.20. The lowest BCUT2D eigenvalue weighted by Gasteiger charge is -2.34. The van der Waals surface area contributed by atoms with Gasteiger partial charge in [-0.15, -0.1) is 0 Å². The van der Waals surface area contributed by atoms with E-state index in [1.165, 1.54) is 18.2 Å². The van der Waals surface area contributed by atoms with Crippen LogP contribution in [0.5, 0.6) is 0 Å². The largest absolute Gasteiger partial charge is 0.418 e. The molecule has 1 aliphatic heterocycles. The Hall–Kier alpha value is -3.42. The fourth-order valence-corrected chi connectivity index (χ4v) is 4.20. The highest BCUT2D eigenvalue weighted by atomic mass is 19.4. The minimum Gasteiger partial charge on any atom is -0.362 e. The Kier molecular flexibility index (Phi) is 5.39. The first kappa shape index (κ1) is 20.8. The summed E-state index contributed by atoms with van der Waals surface area (Å²) >= 11 is 0. The molecule has 2 heterocycles. The van der Waals surface area contributed by atoms with Crippen LogP contribution in [0.4, 0.5) is 18.9 Å². The third-order valence-corrected chi connectivity index (χ3v) is 5.54. The maximum atomic E-state index is 13.4. The molecular formula is C23H20F3N3O2. The molecule has 1 amide bonds. The van der Waals surface area contributed by atoms with Crippen LogP contribution in [0, 0.1) is 0 Å². The van der Waals surface area contributed by atoms with Crippen LogP contribution in [0.1, 0.15) is 43.2 Å². The Morgan fingerprint density at radius 1 is 1.13 bits per heavy atom. The van der Waals surface area contributed by atoms with Crippen LogP contribution in [-0.2, 0) is 15.8 Å². The van der Waals surface area contributed by atoms with Crippen molar-refractivity contribution in [2.24, 2.45) is 0 Å². The van der Waals surface area contributed by atoms with Crippen molar-refractivity contribution in [3.63, 3.8) is 0 Å². The third-order valence-electron chi connectivity index (χ3n) is 5.54. The summed E-state index contributed by atoms with van der Waals surface area (Å²) in [4.78, 5) is 30.1. The average Bonchev–Trinajstić information content (AvgIpc) is 2.73. The molecule has 2 aliphatic rings. The number of anilines is 1. The zero-order valence-electron chi connectivity index (χ0n) is 16.7. The second-order valence-corrected chi connectivity index (χ2v) is 7.54. The van der Waals surface area contributed by atoms with Crippen molar-refractivity contribution in [3.8, 4) is 0 Å². The number of hydrogen-bond acceptors (Lipinski definition) is 4. The molecule has 0 spiro atoms. The van der Waals surface area contributed by atoms with Crippen LogP contribution in [0.3, 0.4) is 0 Å². The highest BCUT2D eigenvalue weighted by Crippen LogP contribution is 2.43. The topological polar surface area (TPSA) is 71.1 Å². The van der Waals surface area contributed by atoms with Gasteiger partial charge in [-0.2, -0.15) is 13.2 Å². The standard InChI is InChI=1S/C23H20F3N3O2/c1-13-19(22(31)29-16-6-3-2-5-15(16)23(24,25)26)20(14-9-11-27-12-10-14)21-17(28-13)7-4-8-18(21)30/h2-3,5-6,9-12,20,28H,4,7-8H2,1H3,(H,29,31)/t20-/m1/s1. The first-order valence-electron chi connectivity index (χ1n) is 9.89. The molecule has 0 fully saturated rings. The fraction of sp³-hybridized carbons (Fsp3) is 0.261. The van der Waals surface area contributed by atoms with Gasteiger partial charge in [-0.25, -0.2) is 0 Å². The van der Waals surface area contributed by atoms with Gasteiger partial charge in [0.15, 0.2) is 5.78 Å². The van der Waals surface area contributed by atoms with Crippen LogP contribution in [-0.4, -0.2) is 16.7 Å². The van der Waals surface area contributed by atoms with Gasteiger partial charge >= 0.3 is 6.18 Å². The molecule has 5 nitrogen and oxygen atoms in total. The van der Waals surface area contributed by atoms with Gasteiger partial charge in [-0.1, -0.05) is 12.1 Å². The van der Waals surface area contributed by atoms with Crippen molar-refractivity contribution < 1.29 is 22.8 Å². The molecule has 0 saturated heterocycles. The number of Topliss-reactive ketones (excluding diaryl/α,β-unsaturated/α-hetero) is 1. The zero-order valence-corrected chi connectivity index (χ0v) is 16.7. The highest BCUT2D eigenvalue weighted by molar-refractivity contribution is 6.10. The number of nitrogens with one attached hydrogen (secondary N) is 2. The maximum absolute atomic E-state index is 13.4. The van der Waals surface area contributed by atoms with Gasteiger partial charge in [0, 0.05) is 47.3 Å². The first-order valence-corrected chi connectivity index (χ1v) is 9.89. The number of halogens is 3. The van der Waals surface area contributed by atoms with E-state index in [1.54, 1.807) is 31.5 Å². The van der Waals surface area contributed by atoms with Crippen molar-refractivity contribution in [2.45, 2.75) is 38.3 Å². The van der Waals surface area contributed by atoms with E-state index >= 15 is 0 Å². The molecule has 2 aromatic rings. The molecule has 0 unspecified atom stereocenters. The second-order valence-electron chi connectivity index (χ2n) is 7.54. The summed E-state index contributed by atoms with van der Waals surface area (Å²) in [5.74, 6) is -1.43. The normalized spacial score (nSPS) is 19.1. The molecule has 0 radical (unpaired) electrons. The lowest BCUT2D eigenvalue weighted by Crippen LogP contribution is -2.35. The van der Waals surface area contributed by atoms with Gasteiger partial charge in [-0.3, -0.25) is 14.6 Å². The van der Waals surface area contributed by atoms with Crippen molar-refractivity contribution in [1.29, 1.82) is 0 Å². The van der Waals surface area contributed by atoms with Crippen LogP contribution >= 0.6 is 0 Å². The van der Waals surface area contributed by atoms with E-state index < -0.39 is 23.6 Å². The third kappa shape index (κ3) is 3.97. The van der Waals surface area contributed by atoms with E-state index in [2.05, 4.69) is 15.6 Å². The molecule has 8 heteroatoms. The Morgan fingerprint density at radius 2 is 1.84 bits per heavy atom. The minimum atomic E-state index is -4.61. The summed E-state index contributed by atoms with van der Waals surface area (Å²) in [5.41, 5.74) is 1.42. The number of rotatable bonds is 3. The summed E-state index contributed by atoms with van der Waals surface area (Å²) in [6.45, 7) is 1.70. The number of carbonyl (C=O) groups excluding carboxylic acids is 2. The van der Waals surface area contributed by atoms with Crippen LogP contribution in [0.15, 0.2) is 71.3 Å². The Morgan fingerprint density at radius 3 is 2.55 bits per heavy atom. The van der Waals surface area contributed by atoms with E-state index in [-0.39, 0.29) is 17.0 Å². The van der Waals surface area contributed by atoms with Crippen LogP contribution < -0.4 is 10.6 Å². The number of aromatic nitrogens is 1. The number of ketones is 1. The van der Waals surface area contributed by atoms with E-state index in [0.29, 0.717) is 36.1 Å². The number of pyridine rings is 1. The molecule has 2 N–H and O–H groups in total. The Balaban J connectivity index is 1.78. The number of hydrogen-bond donors (Lipinski definition) is 2. The van der Waals surface area contributed by atoms with Gasteiger partial charge in [0.25, 0.3) is 5.91 Å². The second kappa shape index (κ2) is 8.02. The zero-order chi connectivity index (χ0) is 22.2. The van der Waals surface area contributed by atoms with E-state index in [0.717, 1.165) is 11.8 Å². The van der Waals surface area contributed by atoms with Crippen molar-refractivity contribution >= 4 is 17.4 Å². The summed E-state index contributed by atoms with van der Waals surface area (Å²) in [6.07, 6.45) is 0.265. The van der Waals surface area contributed by atoms with E-state index in [9.17, 15) is 22.8 Å². The molecule has 1 aromatic heterocycles. The van der Waals surface area contributed by atoms with Crippen molar-refractivity contribution in [3.05, 3.63) is 82.5 Å². The van der Waals surface area contributed by atoms with Gasteiger partial charge < -0.3 is 10.6 Å². The molecule has 0 saturated carbocycles. The number of amides is 1. The number of para-hydroxylation sites is 1. The lowest BCUT2D eigenvalue weighted by molar-refractivity contribution is -0.137. The number of nitrogens with zero attached hydrogens (tertiary/aromatic N) is 1. The number of alkyl halides is 3. The summed E-state index contributed by atoms with van der Waals surface area (Å²) in [6, 6.07) is 8.26. The van der Waals surface area contributed by atoms with E-state index in [4.69, 9.17) is 0 Å². The van der Waals surface area contributed by atoms with Crippen molar-refractivity contribution in [2.75, 3.05) is 5.32 Å². The molecule has 0 bridgehead atoms. The smallest absolute Gasteiger partial charge is 0.362 e. The van der Waals surface area contributed by atoms with Gasteiger partial charge in [0.05, 0.1) is 11.3 Å². The number of dihydropyridines is 1. The average molecular weight is 427 g/mol. The highest BCUT2D eigenvalue weighted by Gasteiger charge is 2.39. The predicted molar refractivity (Wildman–Crippen MR) is 109 cm³/mol. The molecule has 31 heavy (non-hydrogen) atoms. The number of benzene rings is 1. The van der Waals surface area contributed by atoms with Crippen LogP contribution in [0.25, 0.3) is 0 Å². The summed E-state index contributed by atoms with van der Waals surface area (Å²) < 4.78 is 40.2.